The highest BCUT2D eigenvalue weighted by Gasteiger charge is 2.44. The van der Waals surface area contributed by atoms with Gasteiger partial charge in [0.15, 0.2) is 0 Å². The second-order valence-corrected chi connectivity index (χ2v) is 7.27. The highest BCUT2D eigenvalue weighted by atomic mass is 16.4. The summed E-state index contributed by atoms with van der Waals surface area (Å²) >= 11 is 0. The lowest BCUT2D eigenvalue weighted by molar-refractivity contribution is -0.139. The van der Waals surface area contributed by atoms with Crippen molar-refractivity contribution in [1.29, 1.82) is 0 Å². The number of hydrogen-bond donors (Lipinski definition) is 1. The minimum absolute atomic E-state index is 0.00317. The number of rotatable bonds is 5. The Balaban J connectivity index is 1.73. The highest BCUT2D eigenvalue weighted by molar-refractivity contribution is 5.90. The summed E-state index contributed by atoms with van der Waals surface area (Å²) in [6.45, 7) is 1.26. The molecule has 1 aromatic rings. The van der Waals surface area contributed by atoms with Gasteiger partial charge < -0.3 is 14.9 Å². The zero-order chi connectivity index (χ0) is 18.7. The van der Waals surface area contributed by atoms with E-state index in [0.717, 1.165) is 18.4 Å². The Morgan fingerprint density at radius 2 is 2.19 bits per heavy atom. The molecule has 1 aromatic heterocycles. The molecule has 2 aliphatic rings. The van der Waals surface area contributed by atoms with Crippen LogP contribution < -0.4 is 0 Å². The molecule has 140 valence electrons. The summed E-state index contributed by atoms with van der Waals surface area (Å²) in [5.41, 5.74) is 0.874. The molecule has 0 spiro atoms. The maximum absolute atomic E-state index is 13.2. The molecule has 3 rings (SSSR count). The summed E-state index contributed by atoms with van der Waals surface area (Å²) in [6.07, 6.45) is 6.16. The first-order chi connectivity index (χ1) is 12.5. The molecule has 7 heteroatoms. The Morgan fingerprint density at radius 1 is 1.38 bits per heavy atom. The SMILES string of the molecule is CN1C(=O)CC(C(=O)N2CCCC(CCC(=O)O)C2)C1c1cccnc1. The topological polar surface area (TPSA) is 90.8 Å². The Hall–Kier alpha value is -2.44. The largest absolute Gasteiger partial charge is 0.481 e. The van der Waals surface area contributed by atoms with Crippen LogP contribution in [0.5, 0.6) is 0 Å². The number of piperidine rings is 1. The molecule has 3 atom stereocenters. The average molecular weight is 359 g/mol. The molecule has 0 aliphatic carbocycles. The standard InChI is InChI=1S/C19H25N3O4/c1-21-16(23)10-15(18(21)14-5-2-8-20-11-14)19(26)22-9-3-4-13(12-22)6-7-17(24)25/h2,5,8,11,13,15,18H,3-4,6-7,9-10,12H2,1H3,(H,24,25). The van der Waals surface area contributed by atoms with Crippen LogP contribution >= 0.6 is 0 Å². The normalized spacial score (nSPS) is 26.2. The van der Waals surface area contributed by atoms with E-state index in [-0.39, 0.29) is 36.6 Å². The molecular formula is C19H25N3O4. The van der Waals surface area contributed by atoms with Crippen molar-refractivity contribution in [3.63, 3.8) is 0 Å². The van der Waals surface area contributed by atoms with Gasteiger partial charge in [-0.3, -0.25) is 19.4 Å². The van der Waals surface area contributed by atoms with E-state index in [2.05, 4.69) is 4.98 Å². The first kappa shape index (κ1) is 18.4. The smallest absolute Gasteiger partial charge is 0.303 e. The van der Waals surface area contributed by atoms with Crippen LogP contribution in [0.25, 0.3) is 0 Å². The predicted molar refractivity (Wildman–Crippen MR) is 94.0 cm³/mol. The van der Waals surface area contributed by atoms with Crippen molar-refractivity contribution in [2.45, 2.75) is 38.1 Å². The number of carbonyl (C=O) groups is 3. The van der Waals surface area contributed by atoms with Crippen molar-refractivity contribution in [3.05, 3.63) is 30.1 Å². The van der Waals surface area contributed by atoms with E-state index in [1.54, 1.807) is 24.3 Å². The lowest BCUT2D eigenvalue weighted by atomic mass is 9.89. The van der Waals surface area contributed by atoms with Gasteiger partial charge in [-0.05, 0) is 36.8 Å². The molecule has 0 aromatic carbocycles. The highest BCUT2D eigenvalue weighted by Crippen LogP contribution is 2.38. The van der Waals surface area contributed by atoms with Crippen LogP contribution in [0.2, 0.25) is 0 Å². The van der Waals surface area contributed by atoms with Crippen molar-refractivity contribution in [3.8, 4) is 0 Å². The maximum Gasteiger partial charge on any atom is 0.303 e. The van der Waals surface area contributed by atoms with Gasteiger partial charge in [-0.1, -0.05) is 6.07 Å². The monoisotopic (exact) mass is 359 g/mol. The molecule has 0 radical (unpaired) electrons. The van der Waals surface area contributed by atoms with Crippen molar-refractivity contribution >= 4 is 17.8 Å². The third-order valence-corrected chi connectivity index (χ3v) is 5.53. The Morgan fingerprint density at radius 3 is 2.88 bits per heavy atom. The summed E-state index contributed by atoms with van der Waals surface area (Å²) in [7, 11) is 1.74. The van der Waals surface area contributed by atoms with Crippen LogP contribution in [0, 0.1) is 11.8 Å². The first-order valence-corrected chi connectivity index (χ1v) is 9.13. The number of carbonyl (C=O) groups excluding carboxylic acids is 2. The van der Waals surface area contributed by atoms with Gasteiger partial charge in [-0.25, -0.2) is 0 Å². The van der Waals surface area contributed by atoms with E-state index in [1.165, 1.54) is 0 Å². The number of carboxylic acid groups (broad SMARTS) is 1. The minimum Gasteiger partial charge on any atom is -0.481 e. The van der Waals surface area contributed by atoms with Gasteiger partial charge >= 0.3 is 5.97 Å². The van der Waals surface area contributed by atoms with E-state index in [9.17, 15) is 14.4 Å². The molecular weight excluding hydrogens is 334 g/mol. The Kier molecular flexibility index (Phi) is 5.54. The zero-order valence-corrected chi connectivity index (χ0v) is 15.0. The first-order valence-electron chi connectivity index (χ1n) is 9.13. The molecule has 1 N–H and O–H groups in total. The van der Waals surface area contributed by atoms with Crippen molar-refractivity contribution < 1.29 is 19.5 Å². The number of pyridine rings is 1. The number of hydrogen-bond acceptors (Lipinski definition) is 4. The number of amides is 2. The fraction of sp³-hybridized carbons (Fsp3) is 0.579. The van der Waals surface area contributed by atoms with Gasteiger partial charge in [0.05, 0.1) is 12.0 Å². The molecule has 26 heavy (non-hydrogen) atoms. The number of carboxylic acids is 1. The second-order valence-electron chi connectivity index (χ2n) is 7.27. The fourth-order valence-electron chi connectivity index (χ4n) is 4.16. The third-order valence-electron chi connectivity index (χ3n) is 5.53. The molecule has 2 aliphatic heterocycles. The van der Waals surface area contributed by atoms with Gasteiger partial charge in [0, 0.05) is 45.4 Å². The average Bonchev–Trinajstić information content (AvgIpc) is 2.95. The van der Waals surface area contributed by atoms with Gasteiger partial charge in [0.2, 0.25) is 11.8 Å². The molecule has 7 nitrogen and oxygen atoms in total. The Bertz CT molecular complexity index is 679. The summed E-state index contributed by atoms with van der Waals surface area (Å²) in [6, 6.07) is 3.43. The quantitative estimate of drug-likeness (QED) is 0.864. The van der Waals surface area contributed by atoms with Crippen LogP contribution in [0.1, 0.15) is 43.7 Å². The summed E-state index contributed by atoms with van der Waals surface area (Å²) in [5.74, 6) is -1.02. The maximum atomic E-state index is 13.2. The van der Waals surface area contributed by atoms with Gasteiger partial charge in [0.1, 0.15) is 0 Å². The fourth-order valence-corrected chi connectivity index (χ4v) is 4.16. The van der Waals surface area contributed by atoms with Crippen LogP contribution in [0.3, 0.4) is 0 Å². The zero-order valence-electron chi connectivity index (χ0n) is 15.0. The van der Waals surface area contributed by atoms with Crippen molar-refractivity contribution in [2.75, 3.05) is 20.1 Å². The third kappa shape index (κ3) is 3.86. The number of aliphatic carboxylic acids is 1. The van der Waals surface area contributed by atoms with E-state index >= 15 is 0 Å². The second kappa shape index (κ2) is 7.85. The summed E-state index contributed by atoms with van der Waals surface area (Å²) < 4.78 is 0. The Labute approximate surface area is 153 Å². The van der Waals surface area contributed by atoms with Crippen molar-refractivity contribution in [2.24, 2.45) is 11.8 Å². The van der Waals surface area contributed by atoms with Gasteiger partial charge in [-0.2, -0.15) is 0 Å². The van der Waals surface area contributed by atoms with Crippen LogP contribution in [0.15, 0.2) is 24.5 Å². The van der Waals surface area contributed by atoms with Gasteiger partial charge in [-0.15, -0.1) is 0 Å². The lowest BCUT2D eigenvalue weighted by Gasteiger charge is -2.35. The van der Waals surface area contributed by atoms with Gasteiger partial charge in [0.25, 0.3) is 0 Å². The summed E-state index contributed by atoms with van der Waals surface area (Å²) in [5, 5.41) is 8.88. The number of nitrogens with zero attached hydrogens (tertiary/aromatic N) is 3. The van der Waals surface area contributed by atoms with Crippen LogP contribution in [-0.2, 0) is 14.4 Å². The van der Waals surface area contributed by atoms with Crippen LogP contribution in [0.4, 0.5) is 0 Å². The number of likely N-dealkylation sites (tertiary alicyclic amines) is 2. The molecule has 3 heterocycles. The van der Waals surface area contributed by atoms with E-state index in [0.29, 0.717) is 19.5 Å². The van der Waals surface area contributed by atoms with E-state index < -0.39 is 11.9 Å². The molecule has 2 saturated heterocycles. The molecule has 0 saturated carbocycles. The summed E-state index contributed by atoms with van der Waals surface area (Å²) in [4.78, 5) is 43.8. The number of aromatic nitrogens is 1. The van der Waals surface area contributed by atoms with Crippen LogP contribution in [-0.4, -0.2) is 57.8 Å². The molecule has 2 fully saturated rings. The lowest BCUT2D eigenvalue weighted by Crippen LogP contribution is -2.44. The molecule has 2 amide bonds. The van der Waals surface area contributed by atoms with E-state index in [1.807, 2.05) is 17.0 Å². The van der Waals surface area contributed by atoms with Crippen molar-refractivity contribution in [1.82, 2.24) is 14.8 Å². The molecule has 3 unspecified atom stereocenters. The molecule has 0 bridgehead atoms. The minimum atomic E-state index is -0.798. The van der Waals surface area contributed by atoms with E-state index in [4.69, 9.17) is 5.11 Å². The predicted octanol–water partition coefficient (Wildman–Crippen LogP) is 1.70.